The average molecular weight is 409 g/mol. The summed E-state index contributed by atoms with van der Waals surface area (Å²) in [5, 5.41) is 3.44. The van der Waals surface area contributed by atoms with Crippen LogP contribution in [-0.2, 0) is 4.74 Å². The van der Waals surface area contributed by atoms with Crippen molar-refractivity contribution in [1.29, 1.82) is 0 Å². The molecule has 0 aliphatic carbocycles. The second-order valence-corrected chi connectivity index (χ2v) is 8.72. The molecule has 5 heteroatoms. The minimum Gasteiger partial charge on any atom is -0.486 e. The van der Waals surface area contributed by atoms with Crippen LogP contribution in [-0.4, -0.2) is 31.9 Å². The summed E-state index contributed by atoms with van der Waals surface area (Å²) < 4.78 is 11.3. The number of primary amides is 1. The maximum absolute atomic E-state index is 11.1. The minimum atomic E-state index is -0.788. The van der Waals surface area contributed by atoms with Gasteiger partial charge in [0.1, 0.15) is 18.5 Å². The van der Waals surface area contributed by atoms with Gasteiger partial charge >= 0.3 is 6.09 Å². The van der Waals surface area contributed by atoms with Crippen LogP contribution in [0.4, 0.5) is 4.79 Å². The fourth-order valence-corrected chi connectivity index (χ4v) is 3.67. The van der Waals surface area contributed by atoms with E-state index in [1.807, 2.05) is 18.2 Å². The number of ether oxygens (including phenoxy) is 2. The first-order valence-electron chi connectivity index (χ1n) is 10.5. The maximum atomic E-state index is 11.1. The number of nitrogens with two attached hydrogens (primary N) is 1. The van der Waals surface area contributed by atoms with E-state index in [4.69, 9.17) is 15.2 Å². The fourth-order valence-electron chi connectivity index (χ4n) is 3.67. The topological polar surface area (TPSA) is 73.6 Å². The number of amides is 1. The highest BCUT2D eigenvalue weighted by molar-refractivity contribution is 5.82. The molecule has 160 valence electrons. The lowest BCUT2D eigenvalue weighted by molar-refractivity contribution is 0.0240. The zero-order valence-corrected chi connectivity index (χ0v) is 18.1. The zero-order chi connectivity index (χ0) is 21.6. The van der Waals surface area contributed by atoms with Crippen molar-refractivity contribution in [3.05, 3.63) is 71.3 Å². The summed E-state index contributed by atoms with van der Waals surface area (Å²) in [6, 6.07) is 18.7. The van der Waals surface area contributed by atoms with Crippen LogP contribution in [0.15, 0.2) is 60.2 Å². The monoisotopic (exact) mass is 408 g/mol. The van der Waals surface area contributed by atoms with Crippen LogP contribution in [0, 0.1) is 5.41 Å². The molecule has 1 amide bonds. The van der Waals surface area contributed by atoms with Gasteiger partial charge in [-0.05, 0) is 54.8 Å². The van der Waals surface area contributed by atoms with Crippen molar-refractivity contribution in [3.8, 4) is 5.75 Å². The molecule has 3 rings (SSSR count). The van der Waals surface area contributed by atoms with E-state index in [0.29, 0.717) is 0 Å². The number of carbonyl (C=O) groups is 1. The molecular formula is C25H32N2O3. The molecule has 1 fully saturated rings. The first-order valence-corrected chi connectivity index (χ1v) is 10.5. The van der Waals surface area contributed by atoms with Crippen molar-refractivity contribution in [2.75, 3.05) is 19.7 Å². The molecule has 0 aromatic heterocycles. The SMILES string of the molecule is CC(C)(C)C(COC(N)=O)Oc1cccc(C(=C2CCNCC2)c2ccccc2)c1. The number of carbonyl (C=O) groups excluding carboxylic acids is 1. The van der Waals surface area contributed by atoms with Crippen LogP contribution in [0.3, 0.4) is 0 Å². The number of rotatable bonds is 6. The van der Waals surface area contributed by atoms with Crippen LogP contribution in [0.2, 0.25) is 0 Å². The number of nitrogens with one attached hydrogen (secondary N) is 1. The van der Waals surface area contributed by atoms with Crippen LogP contribution < -0.4 is 15.8 Å². The van der Waals surface area contributed by atoms with Gasteiger partial charge in [-0.25, -0.2) is 4.79 Å². The molecule has 0 saturated carbocycles. The Labute approximate surface area is 179 Å². The molecule has 1 atom stereocenters. The van der Waals surface area contributed by atoms with Gasteiger partial charge in [0.25, 0.3) is 0 Å². The zero-order valence-electron chi connectivity index (χ0n) is 18.1. The van der Waals surface area contributed by atoms with Gasteiger partial charge in [0.2, 0.25) is 0 Å². The van der Waals surface area contributed by atoms with Crippen molar-refractivity contribution in [2.24, 2.45) is 11.1 Å². The Morgan fingerprint density at radius 2 is 1.70 bits per heavy atom. The molecule has 5 nitrogen and oxygen atoms in total. The Bertz CT molecular complexity index is 877. The van der Waals surface area contributed by atoms with E-state index in [-0.39, 0.29) is 18.1 Å². The van der Waals surface area contributed by atoms with Crippen molar-refractivity contribution in [3.63, 3.8) is 0 Å². The number of hydrogen-bond acceptors (Lipinski definition) is 4. The van der Waals surface area contributed by atoms with E-state index in [2.05, 4.69) is 62.5 Å². The quantitative estimate of drug-likeness (QED) is 0.723. The van der Waals surface area contributed by atoms with E-state index in [0.717, 1.165) is 37.2 Å². The van der Waals surface area contributed by atoms with Gasteiger partial charge in [-0.1, -0.05) is 68.8 Å². The molecule has 1 aliphatic rings. The van der Waals surface area contributed by atoms with Crippen LogP contribution >= 0.6 is 0 Å². The first-order chi connectivity index (χ1) is 14.3. The molecule has 1 aliphatic heterocycles. The third kappa shape index (κ3) is 5.86. The van der Waals surface area contributed by atoms with Gasteiger partial charge in [-0.15, -0.1) is 0 Å². The molecule has 30 heavy (non-hydrogen) atoms. The molecule has 0 spiro atoms. The Morgan fingerprint density at radius 3 is 2.33 bits per heavy atom. The lowest BCUT2D eigenvalue weighted by Crippen LogP contribution is -2.38. The highest BCUT2D eigenvalue weighted by Crippen LogP contribution is 2.33. The van der Waals surface area contributed by atoms with Crippen molar-refractivity contribution < 1.29 is 14.3 Å². The molecule has 1 unspecified atom stereocenters. The van der Waals surface area contributed by atoms with Gasteiger partial charge in [0, 0.05) is 5.41 Å². The molecule has 0 bridgehead atoms. The van der Waals surface area contributed by atoms with Gasteiger partial charge in [-0.3, -0.25) is 0 Å². The summed E-state index contributed by atoms with van der Waals surface area (Å²) in [6.07, 6.45) is 0.967. The molecule has 2 aromatic carbocycles. The van der Waals surface area contributed by atoms with Crippen molar-refractivity contribution in [1.82, 2.24) is 5.32 Å². The predicted molar refractivity (Wildman–Crippen MR) is 120 cm³/mol. The lowest BCUT2D eigenvalue weighted by atomic mass is 9.88. The third-order valence-corrected chi connectivity index (χ3v) is 5.37. The Hall–Kier alpha value is -2.79. The number of benzene rings is 2. The van der Waals surface area contributed by atoms with Crippen molar-refractivity contribution >= 4 is 11.7 Å². The second-order valence-electron chi connectivity index (χ2n) is 8.72. The summed E-state index contributed by atoms with van der Waals surface area (Å²) in [7, 11) is 0. The van der Waals surface area contributed by atoms with Crippen LogP contribution in [0.1, 0.15) is 44.7 Å². The van der Waals surface area contributed by atoms with E-state index in [1.54, 1.807) is 0 Å². The highest BCUT2D eigenvalue weighted by atomic mass is 16.6. The summed E-state index contributed by atoms with van der Waals surface area (Å²) in [5.74, 6) is 0.753. The lowest BCUT2D eigenvalue weighted by Gasteiger charge is -2.30. The summed E-state index contributed by atoms with van der Waals surface area (Å²) in [4.78, 5) is 11.1. The number of hydrogen-bond donors (Lipinski definition) is 2. The molecule has 0 radical (unpaired) electrons. The van der Waals surface area contributed by atoms with Crippen LogP contribution in [0.5, 0.6) is 5.75 Å². The molecule has 1 heterocycles. The summed E-state index contributed by atoms with van der Waals surface area (Å²) in [5.41, 5.74) is 10.0. The Balaban J connectivity index is 1.94. The minimum absolute atomic E-state index is 0.112. The Morgan fingerprint density at radius 1 is 1.03 bits per heavy atom. The first kappa shape index (κ1) is 21.9. The smallest absolute Gasteiger partial charge is 0.404 e. The van der Waals surface area contributed by atoms with Gasteiger partial charge < -0.3 is 20.5 Å². The molecule has 2 aromatic rings. The fraction of sp³-hybridized carbons (Fsp3) is 0.400. The second kappa shape index (κ2) is 9.81. The predicted octanol–water partition coefficient (Wildman–Crippen LogP) is 4.76. The summed E-state index contributed by atoms with van der Waals surface area (Å²) >= 11 is 0. The highest BCUT2D eigenvalue weighted by Gasteiger charge is 2.28. The van der Waals surface area contributed by atoms with Gasteiger partial charge in [-0.2, -0.15) is 0 Å². The number of piperidine rings is 1. The van der Waals surface area contributed by atoms with Crippen molar-refractivity contribution in [2.45, 2.75) is 39.7 Å². The normalized spacial score (nSPS) is 15.4. The van der Waals surface area contributed by atoms with E-state index in [9.17, 15) is 4.79 Å². The van der Waals surface area contributed by atoms with E-state index >= 15 is 0 Å². The molecule has 3 N–H and O–H groups in total. The standard InChI is InChI=1S/C25H32N2O3/c1-25(2,3)22(17-29-24(26)28)30-21-11-7-10-20(16-21)23(18-8-5-4-6-9-18)19-12-14-27-15-13-19/h4-11,16,22,27H,12-15,17H2,1-3H3,(H2,26,28). The van der Waals surface area contributed by atoms with Gasteiger partial charge in [0.05, 0.1) is 0 Å². The maximum Gasteiger partial charge on any atom is 0.404 e. The van der Waals surface area contributed by atoms with Crippen LogP contribution in [0.25, 0.3) is 5.57 Å². The average Bonchev–Trinajstić information content (AvgIpc) is 2.72. The van der Waals surface area contributed by atoms with E-state index < -0.39 is 6.09 Å². The van der Waals surface area contributed by atoms with Gasteiger partial charge in [0.15, 0.2) is 0 Å². The largest absolute Gasteiger partial charge is 0.486 e. The Kier molecular flexibility index (Phi) is 7.16. The molecular weight excluding hydrogens is 376 g/mol. The van der Waals surface area contributed by atoms with E-state index in [1.165, 1.54) is 16.7 Å². The summed E-state index contributed by atoms with van der Waals surface area (Å²) in [6.45, 7) is 8.27. The third-order valence-electron chi connectivity index (χ3n) is 5.37. The molecule has 1 saturated heterocycles.